The summed E-state index contributed by atoms with van der Waals surface area (Å²) in [7, 11) is 0. The fourth-order valence-corrected chi connectivity index (χ4v) is 2.24. The summed E-state index contributed by atoms with van der Waals surface area (Å²) in [5.41, 5.74) is 9.50. The molecule has 0 aliphatic carbocycles. The van der Waals surface area contributed by atoms with Crippen LogP contribution in [-0.2, 0) is 6.54 Å². The number of rotatable bonds is 5. The summed E-state index contributed by atoms with van der Waals surface area (Å²) in [6, 6.07) is 16.0. The monoisotopic (exact) mass is 268 g/mol. The highest BCUT2D eigenvalue weighted by Gasteiger charge is 2.07. The topological polar surface area (TPSA) is 55.1 Å². The fourth-order valence-electron chi connectivity index (χ4n) is 2.24. The van der Waals surface area contributed by atoms with E-state index in [4.69, 9.17) is 5.73 Å². The SMILES string of the molecule is Cc1ccccc1[C@H](C)NCc1ccc(C(N)=O)cc1. The lowest BCUT2D eigenvalue weighted by atomic mass is 10.0. The Balaban J connectivity index is 1.98. The van der Waals surface area contributed by atoms with E-state index < -0.39 is 5.91 Å². The average molecular weight is 268 g/mol. The zero-order valence-electron chi connectivity index (χ0n) is 11.9. The maximum atomic E-state index is 11.0. The number of hydrogen-bond donors (Lipinski definition) is 2. The molecule has 1 amide bonds. The van der Waals surface area contributed by atoms with E-state index in [1.165, 1.54) is 11.1 Å². The first-order valence-electron chi connectivity index (χ1n) is 6.75. The molecular weight excluding hydrogens is 248 g/mol. The van der Waals surface area contributed by atoms with E-state index in [-0.39, 0.29) is 6.04 Å². The molecule has 0 aromatic heterocycles. The summed E-state index contributed by atoms with van der Waals surface area (Å²) >= 11 is 0. The molecule has 2 rings (SSSR count). The second kappa shape index (κ2) is 6.35. The third-order valence-corrected chi connectivity index (χ3v) is 3.51. The average Bonchev–Trinajstić information content (AvgIpc) is 2.45. The molecule has 0 fully saturated rings. The number of nitrogens with two attached hydrogens (primary N) is 1. The van der Waals surface area contributed by atoms with Crippen molar-refractivity contribution < 1.29 is 4.79 Å². The standard InChI is InChI=1S/C17H20N2O/c1-12-5-3-4-6-16(12)13(2)19-11-14-7-9-15(10-8-14)17(18)20/h3-10,13,19H,11H2,1-2H3,(H2,18,20)/t13-/m0/s1. The van der Waals surface area contributed by atoms with Crippen LogP contribution in [-0.4, -0.2) is 5.91 Å². The van der Waals surface area contributed by atoms with E-state index in [0.29, 0.717) is 5.56 Å². The zero-order valence-corrected chi connectivity index (χ0v) is 11.9. The maximum Gasteiger partial charge on any atom is 0.248 e. The first-order valence-corrected chi connectivity index (χ1v) is 6.75. The van der Waals surface area contributed by atoms with Gasteiger partial charge in [-0.15, -0.1) is 0 Å². The molecule has 0 bridgehead atoms. The smallest absolute Gasteiger partial charge is 0.248 e. The van der Waals surface area contributed by atoms with Crippen molar-refractivity contribution in [1.29, 1.82) is 0 Å². The molecule has 3 N–H and O–H groups in total. The second-order valence-corrected chi connectivity index (χ2v) is 5.02. The molecule has 2 aromatic rings. The minimum Gasteiger partial charge on any atom is -0.366 e. The molecule has 1 atom stereocenters. The number of nitrogens with one attached hydrogen (secondary N) is 1. The van der Waals surface area contributed by atoms with Crippen LogP contribution in [0.15, 0.2) is 48.5 Å². The summed E-state index contributed by atoms with van der Waals surface area (Å²) in [5.74, 6) is -0.391. The molecule has 0 radical (unpaired) electrons. The van der Waals surface area contributed by atoms with Crippen LogP contribution in [0.3, 0.4) is 0 Å². The van der Waals surface area contributed by atoms with Crippen LogP contribution in [0.4, 0.5) is 0 Å². The molecule has 2 aromatic carbocycles. The molecule has 0 saturated heterocycles. The van der Waals surface area contributed by atoms with Crippen LogP contribution in [0, 0.1) is 6.92 Å². The Kier molecular flexibility index (Phi) is 4.53. The van der Waals surface area contributed by atoms with Gasteiger partial charge in [0.15, 0.2) is 0 Å². The Morgan fingerprint density at radius 1 is 1.15 bits per heavy atom. The quantitative estimate of drug-likeness (QED) is 0.876. The summed E-state index contributed by atoms with van der Waals surface area (Å²) in [4.78, 5) is 11.0. The lowest BCUT2D eigenvalue weighted by Gasteiger charge is -2.16. The Labute approximate surface area is 119 Å². The van der Waals surface area contributed by atoms with Gasteiger partial charge in [0.05, 0.1) is 0 Å². The van der Waals surface area contributed by atoms with Crippen molar-refractivity contribution in [1.82, 2.24) is 5.32 Å². The number of hydrogen-bond acceptors (Lipinski definition) is 2. The van der Waals surface area contributed by atoms with Crippen LogP contribution in [0.25, 0.3) is 0 Å². The number of aryl methyl sites for hydroxylation is 1. The van der Waals surface area contributed by atoms with Crippen molar-refractivity contribution in [3.8, 4) is 0 Å². The fraction of sp³-hybridized carbons (Fsp3) is 0.235. The van der Waals surface area contributed by atoms with Crippen molar-refractivity contribution in [3.63, 3.8) is 0 Å². The van der Waals surface area contributed by atoms with E-state index >= 15 is 0 Å². The Morgan fingerprint density at radius 2 is 1.80 bits per heavy atom. The van der Waals surface area contributed by atoms with Crippen molar-refractivity contribution in [2.45, 2.75) is 26.4 Å². The molecule has 104 valence electrons. The van der Waals surface area contributed by atoms with E-state index in [9.17, 15) is 4.79 Å². The van der Waals surface area contributed by atoms with Crippen LogP contribution in [0.5, 0.6) is 0 Å². The largest absolute Gasteiger partial charge is 0.366 e. The zero-order chi connectivity index (χ0) is 14.5. The van der Waals surface area contributed by atoms with Gasteiger partial charge in [0.25, 0.3) is 0 Å². The van der Waals surface area contributed by atoms with Gasteiger partial charge >= 0.3 is 0 Å². The molecule has 20 heavy (non-hydrogen) atoms. The van der Waals surface area contributed by atoms with Crippen molar-refractivity contribution in [2.75, 3.05) is 0 Å². The van der Waals surface area contributed by atoms with Crippen LogP contribution >= 0.6 is 0 Å². The predicted molar refractivity (Wildman–Crippen MR) is 81.4 cm³/mol. The first kappa shape index (κ1) is 14.3. The number of amides is 1. The van der Waals surface area contributed by atoms with Crippen molar-refractivity contribution in [2.24, 2.45) is 5.73 Å². The summed E-state index contributed by atoms with van der Waals surface area (Å²) in [5, 5.41) is 3.49. The number of benzene rings is 2. The Morgan fingerprint density at radius 3 is 2.40 bits per heavy atom. The molecule has 0 saturated carbocycles. The van der Waals surface area contributed by atoms with Crippen LogP contribution in [0.2, 0.25) is 0 Å². The van der Waals surface area contributed by atoms with Crippen LogP contribution < -0.4 is 11.1 Å². The lowest BCUT2D eigenvalue weighted by Crippen LogP contribution is -2.19. The lowest BCUT2D eigenvalue weighted by molar-refractivity contribution is 0.100. The Bertz CT molecular complexity index is 590. The van der Waals surface area contributed by atoms with E-state index in [1.807, 2.05) is 18.2 Å². The van der Waals surface area contributed by atoms with Gasteiger partial charge in [0, 0.05) is 18.2 Å². The molecule has 0 aliphatic rings. The minimum atomic E-state index is -0.391. The molecular formula is C17H20N2O. The van der Waals surface area contributed by atoms with Gasteiger partial charge in [-0.25, -0.2) is 0 Å². The number of carbonyl (C=O) groups is 1. The third-order valence-electron chi connectivity index (χ3n) is 3.51. The number of primary amides is 1. The Hall–Kier alpha value is -2.13. The van der Waals surface area contributed by atoms with Gasteiger partial charge in [-0.1, -0.05) is 36.4 Å². The van der Waals surface area contributed by atoms with Gasteiger partial charge in [0.1, 0.15) is 0 Å². The van der Waals surface area contributed by atoms with Gasteiger partial charge in [-0.2, -0.15) is 0 Å². The van der Waals surface area contributed by atoms with E-state index in [1.54, 1.807) is 12.1 Å². The summed E-state index contributed by atoms with van der Waals surface area (Å²) in [6.07, 6.45) is 0. The first-order chi connectivity index (χ1) is 9.58. The summed E-state index contributed by atoms with van der Waals surface area (Å²) in [6.45, 7) is 5.03. The molecule has 0 heterocycles. The summed E-state index contributed by atoms with van der Waals surface area (Å²) < 4.78 is 0. The highest BCUT2D eigenvalue weighted by molar-refractivity contribution is 5.92. The highest BCUT2D eigenvalue weighted by atomic mass is 16.1. The van der Waals surface area contributed by atoms with Gasteiger partial charge in [-0.05, 0) is 42.7 Å². The predicted octanol–water partition coefficient (Wildman–Crippen LogP) is 2.94. The maximum absolute atomic E-state index is 11.0. The molecule has 0 unspecified atom stereocenters. The van der Waals surface area contributed by atoms with Crippen molar-refractivity contribution >= 4 is 5.91 Å². The van der Waals surface area contributed by atoms with Crippen molar-refractivity contribution in [3.05, 3.63) is 70.8 Å². The van der Waals surface area contributed by atoms with Gasteiger partial charge in [-0.3, -0.25) is 4.79 Å². The van der Waals surface area contributed by atoms with E-state index in [0.717, 1.165) is 12.1 Å². The molecule has 0 aliphatic heterocycles. The normalized spacial score (nSPS) is 12.1. The second-order valence-electron chi connectivity index (χ2n) is 5.02. The van der Waals surface area contributed by atoms with Gasteiger partial charge in [0.2, 0.25) is 5.91 Å². The van der Waals surface area contributed by atoms with Gasteiger partial charge < -0.3 is 11.1 Å². The third kappa shape index (κ3) is 3.45. The number of carbonyl (C=O) groups excluding carboxylic acids is 1. The molecule has 0 spiro atoms. The highest BCUT2D eigenvalue weighted by Crippen LogP contribution is 2.17. The minimum absolute atomic E-state index is 0.284. The molecule has 3 nitrogen and oxygen atoms in total. The van der Waals surface area contributed by atoms with Crippen LogP contribution in [0.1, 0.15) is 40.0 Å². The van der Waals surface area contributed by atoms with E-state index in [2.05, 4.69) is 37.4 Å². The molecule has 3 heteroatoms.